The lowest BCUT2D eigenvalue weighted by atomic mass is 9.99. The summed E-state index contributed by atoms with van der Waals surface area (Å²) in [5.41, 5.74) is 0.650. The van der Waals surface area contributed by atoms with E-state index in [4.69, 9.17) is 9.47 Å². The molecule has 0 aliphatic carbocycles. The van der Waals surface area contributed by atoms with Gasteiger partial charge in [-0.25, -0.2) is 14.4 Å². The molecule has 1 saturated heterocycles. The lowest BCUT2D eigenvalue weighted by Gasteiger charge is -2.19. The van der Waals surface area contributed by atoms with Gasteiger partial charge in [0, 0.05) is 44.2 Å². The van der Waals surface area contributed by atoms with Crippen LogP contribution in [0.15, 0.2) is 29.5 Å². The van der Waals surface area contributed by atoms with E-state index in [0.29, 0.717) is 18.9 Å². The second-order valence-corrected chi connectivity index (χ2v) is 7.12. The Kier molecular flexibility index (Phi) is 5.49. The first-order chi connectivity index (χ1) is 14.5. The van der Waals surface area contributed by atoms with Crippen LogP contribution < -0.4 is 15.6 Å². The van der Waals surface area contributed by atoms with Gasteiger partial charge in [0.15, 0.2) is 0 Å². The van der Waals surface area contributed by atoms with Gasteiger partial charge in [0.2, 0.25) is 5.65 Å². The Morgan fingerprint density at radius 1 is 1.37 bits per heavy atom. The van der Waals surface area contributed by atoms with Gasteiger partial charge < -0.3 is 19.4 Å². The Balaban J connectivity index is 1.70. The molecule has 9 nitrogen and oxygen atoms in total. The third-order valence-corrected chi connectivity index (χ3v) is 4.92. The smallest absolute Gasteiger partial charge is 0.276 e. The highest BCUT2D eigenvalue weighted by Crippen LogP contribution is 2.27. The fourth-order valence-corrected chi connectivity index (χ4v) is 3.45. The van der Waals surface area contributed by atoms with Gasteiger partial charge >= 0.3 is 0 Å². The van der Waals surface area contributed by atoms with E-state index in [-0.39, 0.29) is 23.2 Å². The number of imidazole rings is 1. The molecule has 1 atom stereocenters. The van der Waals surface area contributed by atoms with E-state index in [0.717, 1.165) is 42.0 Å². The van der Waals surface area contributed by atoms with Crippen molar-refractivity contribution in [1.82, 2.24) is 18.9 Å². The van der Waals surface area contributed by atoms with Gasteiger partial charge in [-0.3, -0.25) is 14.0 Å². The monoisotopic (exact) mass is 415 g/mol. The van der Waals surface area contributed by atoms with Crippen LogP contribution in [-0.2, 0) is 11.8 Å². The van der Waals surface area contributed by atoms with E-state index >= 15 is 0 Å². The first kappa shape index (κ1) is 20.0. The average molecular weight is 415 g/mol. The number of halogens is 1. The number of hydrogen-bond donors (Lipinski definition) is 1. The molecule has 0 bridgehead atoms. The summed E-state index contributed by atoms with van der Waals surface area (Å²) in [6, 6.07) is 0.973. The predicted octanol–water partition coefficient (Wildman–Crippen LogP) is 2.11. The number of pyridine rings is 1. The fourth-order valence-electron chi connectivity index (χ4n) is 3.45. The summed E-state index contributed by atoms with van der Waals surface area (Å²) >= 11 is 0. The quantitative estimate of drug-likeness (QED) is 0.685. The summed E-state index contributed by atoms with van der Waals surface area (Å²) in [5.74, 6) is -0.919. The van der Waals surface area contributed by atoms with Crippen LogP contribution in [0.4, 0.5) is 10.1 Å². The summed E-state index contributed by atoms with van der Waals surface area (Å²) in [5, 5.41) is 2.43. The lowest BCUT2D eigenvalue weighted by Crippen LogP contribution is -2.25. The van der Waals surface area contributed by atoms with Gasteiger partial charge in [-0.2, -0.15) is 0 Å². The minimum absolute atomic E-state index is 0.0149. The minimum Gasteiger partial charge on any atom is -0.475 e. The predicted molar refractivity (Wildman–Crippen MR) is 107 cm³/mol. The topological polar surface area (TPSA) is 99.8 Å². The number of aryl methyl sites for hydroxylation is 1. The van der Waals surface area contributed by atoms with Crippen LogP contribution in [0.1, 0.15) is 41.9 Å². The second kappa shape index (κ2) is 8.23. The van der Waals surface area contributed by atoms with Crippen LogP contribution >= 0.6 is 0 Å². The zero-order valence-electron chi connectivity index (χ0n) is 16.7. The van der Waals surface area contributed by atoms with Gasteiger partial charge in [-0.15, -0.1) is 0 Å². The first-order valence-electron chi connectivity index (χ1n) is 9.74. The molecule has 1 amide bonds. The molecular weight excluding hydrogens is 393 g/mol. The van der Waals surface area contributed by atoms with Gasteiger partial charge in [-0.1, -0.05) is 0 Å². The van der Waals surface area contributed by atoms with Crippen LogP contribution in [0.3, 0.4) is 0 Å². The van der Waals surface area contributed by atoms with Crippen molar-refractivity contribution < 1.29 is 18.7 Å². The zero-order chi connectivity index (χ0) is 21.3. The van der Waals surface area contributed by atoms with Crippen LogP contribution in [0.25, 0.3) is 5.65 Å². The van der Waals surface area contributed by atoms with E-state index in [1.54, 1.807) is 11.3 Å². The third kappa shape index (κ3) is 3.90. The summed E-state index contributed by atoms with van der Waals surface area (Å²) in [4.78, 5) is 33.8. The normalized spacial score (nSPS) is 16.6. The summed E-state index contributed by atoms with van der Waals surface area (Å²) in [6.45, 7) is 3.49. The molecule has 0 spiro atoms. The van der Waals surface area contributed by atoms with Crippen molar-refractivity contribution >= 4 is 17.2 Å². The summed E-state index contributed by atoms with van der Waals surface area (Å²) in [6.07, 6.45) is 6.31. The molecule has 10 heteroatoms. The molecule has 1 aliphatic rings. The Bertz CT molecular complexity index is 1150. The van der Waals surface area contributed by atoms with E-state index < -0.39 is 17.3 Å². The second-order valence-electron chi connectivity index (χ2n) is 7.12. The number of fused-ring (bicyclic) bond motifs is 1. The van der Waals surface area contributed by atoms with Crippen molar-refractivity contribution in [3.05, 3.63) is 52.2 Å². The lowest BCUT2D eigenvalue weighted by molar-refractivity contribution is 0.0794. The molecule has 4 rings (SSSR count). The van der Waals surface area contributed by atoms with Crippen LogP contribution in [0, 0.1) is 5.82 Å². The fraction of sp³-hybridized carbons (Fsp3) is 0.400. The molecule has 1 aliphatic heterocycles. The van der Waals surface area contributed by atoms with E-state index in [2.05, 4.69) is 15.3 Å². The number of hydrogen-bond acceptors (Lipinski definition) is 6. The summed E-state index contributed by atoms with van der Waals surface area (Å²) < 4.78 is 27.5. The van der Waals surface area contributed by atoms with Gasteiger partial charge in [0.25, 0.3) is 17.3 Å². The van der Waals surface area contributed by atoms with Gasteiger partial charge in [-0.05, 0) is 19.8 Å². The standard InChI is InChI=1S/C20H22FN5O4/c1-3-30-19-17-22-15(12-5-4-6-29-11-12)9-26(17)10-16(24-19)18(27)23-14-7-13(21)8-25(2)20(14)28/h7-10,12H,3-6,11H2,1-2H3,(H,23,27)/t12-/m0/s1. The van der Waals surface area contributed by atoms with Crippen molar-refractivity contribution in [2.45, 2.75) is 25.7 Å². The molecule has 1 N–H and O–H groups in total. The average Bonchev–Trinajstić information content (AvgIpc) is 3.17. The molecule has 0 saturated carbocycles. The highest BCUT2D eigenvalue weighted by atomic mass is 19.1. The molecule has 0 radical (unpaired) electrons. The Labute approximate surface area is 171 Å². The maximum atomic E-state index is 13.6. The van der Waals surface area contributed by atoms with Crippen molar-refractivity contribution in [3.8, 4) is 5.88 Å². The van der Waals surface area contributed by atoms with Crippen molar-refractivity contribution in [1.29, 1.82) is 0 Å². The van der Waals surface area contributed by atoms with Crippen LogP contribution in [0.2, 0.25) is 0 Å². The number of carbonyl (C=O) groups excluding carboxylic acids is 1. The van der Waals surface area contributed by atoms with E-state index in [1.807, 2.05) is 6.20 Å². The molecule has 3 aromatic rings. The number of aromatic nitrogens is 4. The van der Waals surface area contributed by atoms with Crippen molar-refractivity contribution in [2.24, 2.45) is 7.05 Å². The molecule has 0 unspecified atom stereocenters. The molecule has 3 aromatic heterocycles. The molecule has 4 heterocycles. The SMILES string of the molecule is CCOc1nc(C(=O)Nc2cc(F)cn(C)c2=O)cn2cc([C@H]3CCCOC3)nc12. The molecule has 0 aromatic carbocycles. The van der Waals surface area contributed by atoms with E-state index in [9.17, 15) is 14.0 Å². The summed E-state index contributed by atoms with van der Waals surface area (Å²) in [7, 11) is 1.40. The third-order valence-electron chi connectivity index (χ3n) is 4.92. The minimum atomic E-state index is -0.656. The van der Waals surface area contributed by atoms with Crippen molar-refractivity contribution in [2.75, 3.05) is 25.1 Å². The number of anilines is 1. The largest absolute Gasteiger partial charge is 0.475 e. The zero-order valence-corrected chi connectivity index (χ0v) is 16.7. The van der Waals surface area contributed by atoms with Crippen molar-refractivity contribution in [3.63, 3.8) is 0 Å². The van der Waals surface area contributed by atoms with Gasteiger partial charge in [0.1, 0.15) is 17.2 Å². The number of ether oxygens (including phenoxy) is 2. The maximum Gasteiger partial charge on any atom is 0.276 e. The maximum absolute atomic E-state index is 13.6. The first-order valence-corrected chi connectivity index (χ1v) is 9.74. The molecule has 1 fully saturated rings. The van der Waals surface area contributed by atoms with Crippen LogP contribution in [0.5, 0.6) is 5.88 Å². The number of nitrogens with zero attached hydrogens (tertiary/aromatic N) is 4. The van der Waals surface area contributed by atoms with Crippen LogP contribution in [-0.4, -0.2) is 44.7 Å². The molecular formula is C20H22FN5O4. The Morgan fingerprint density at radius 2 is 2.20 bits per heavy atom. The number of amides is 1. The highest BCUT2D eigenvalue weighted by Gasteiger charge is 2.22. The molecule has 158 valence electrons. The Hall–Kier alpha value is -3.27. The van der Waals surface area contributed by atoms with E-state index in [1.165, 1.54) is 13.2 Å². The number of rotatable bonds is 5. The van der Waals surface area contributed by atoms with Gasteiger partial charge in [0.05, 0.1) is 18.9 Å². The number of carbonyl (C=O) groups is 1. The number of nitrogens with one attached hydrogen (secondary N) is 1. The Morgan fingerprint density at radius 3 is 2.93 bits per heavy atom. The molecule has 30 heavy (non-hydrogen) atoms. The highest BCUT2D eigenvalue weighted by molar-refractivity contribution is 6.02.